The van der Waals surface area contributed by atoms with Gasteiger partial charge in [0.25, 0.3) is 0 Å². The molecule has 1 unspecified atom stereocenters. The first kappa shape index (κ1) is 25.7. The zero-order valence-electron chi connectivity index (χ0n) is 18.9. The fourth-order valence-electron chi connectivity index (χ4n) is 3.31. The molecule has 3 heterocycles. The maximum atomic E-state index is 15.7. The predicted octanol–water partition coefficient (Wildman–Crippen LogP) is 0.654. The van der Waals surface area contributed by atoms with Crippen LogP contribution in [-0.2, 0) is 23.4 Å². The number of nitrogens with one attached hydrogen (secondary N) is 2. The number of anilines is 2. The number of terminal acetylenes is 1. The van der Waals surface area contributed by atoms with Crippen molar-refractivity contribution >= 4 is 37.1 Å². The fourth-order valence-corrected chi connectivity index (χ4v) is 4.09. The molecule has 0 aromatic carbocycles. The van der Waals surface area contributed by atoms with Crippen LogP contribution in [-0.4, -0.2) is 74.3 Å². The molecule has 2 aromatic rings. The normalized spacial score (nSPS) is 25.8. The summed E-state index contributed by atoms with van der Waals surface area (Å²) in [4.78, 5) is 24.1. The molecule has 0 bridgehead atoms. The van der Waals surface area contributed by atoms with Crippen LogP contribution in [0, 0.1) is 12.3 Å². The molecular weight excluding hydrogens is 472 g/mol. The molecule has 1 aliphatic heterocycles. The highest BCUT2D eigenvalue weighted by atomic mass is 31.1. The first-order chi connectivity index (χ1) is 16.0. The number of nitrogens with two attached hydrogens (primary N) is 1. The number of nitrogen functional groups attached to an aromatic ring is 1. The third kappa shape index (κ3) is 4.94. The summed E-state index contributed by atoms with van der Waals surface area (Å²) in [5.74, 6) is 1.51. The van der Waals surface area contributed by atoms with E-state index in [1.54, 1.807) is 20.9 Å². The number of imidazole rings is 1. The number of fused-ring (bicyclic) bond motifs is 1. The van der Waals surface area contributed by atoms with Gasteiger partial charge in [0.2, 0.25) is 11.6 Å². The summed E-state index contributed by atoms with van der Waals surface area (Å²) in [7, 11) is -0.977. The van der Waals surface area contributed by atoms with Crippen molar-refractivity contribution in [3.63, 3.8) is 0 Å². The van der Waals surface area contributed by atoms with Crippen LogP contribution in [0.4, 0.5) is 16.2 Å². The Morgan fingerprint density at radius 2 is 2.21 bits per heavy atom. The molecule has 0 spiro atoms. The number of carbonyl (C=O) groups is 1. The number of aliphatic hydroxyl groups excluding tert-OH is 1. The largest absolute Gasteiger partial charge is 0.613 e. The number of hydrogen-bond donors (Lipinski definition) is 4. The molecule has 13 nitrogen and oxygen atoms in total. The Morgan fingerprint density at radius 3 is 2.82 bits per heavy atom. The third-order valence-corrected chi connectivity index (χ3v) is 5.94. The summed E-state index contributed by atoms with van der Waals surface area (Å²) in [5, 5.41) is 15.8. The zero-order chi connectivity index (χ0) is 25.2. The van der Waals surface area contributed by atoms with Crippen molar-refractivity contribution in [2.75, 3.05) is 24.7 Å². The van der Waals surface area contributed by atoms with Crippen LogP contribution in [0.25, 0.3) is 11.2 Å². The molecule has 1 aliphatic rings. The number of rotatable bonds is 9. The van der Waals surface area contributed by atoms with Gasteiger partial charge in [-0.3, -0.25) is 9.36 Å². The standard InChI is InChI=1S/C19H26FN7O6P/c1-6-19(20)13(28)11(7-31-34(30)26-10(4)16(29)32-9(2)3)33-17(19)27-8-23-12-14(22-5)24-18(21)25-15(12)27/h1,8-11,13,17,28H,7H2,2-5H3,(H,26,30)(H3,21,22,24,25)/q+1/t10-,11+,13+,17+,19+/m0/s1. The van der Waals surface area contributed by atoms with Gasteiger partial charge in [0.1, 0.15) is 24.9 Å². The monoisotopic (exact) mass is 498 g/mol. The molecule has 0 amide bonds. The van der Waals surface area contributed by atoms with Gasteiger partial charge in [-0.2, -0.15) is 9.97 Å². The topological polar surface area (TPSA) is 176 Å². The molecule has 1 fully saturated rings. The quantitative estimate of drug-likeness (QED) is 0.216. The van der Waals surface area contributed by atoms with Gasteiger partial charge in [0.15, 0.2) is 23.2 Å². The predicted molar refractivity (Wildman–Crippen MR) is 119 cm³/mol. The summed E-state index contributed by atoms with van der Waals surface area (Å²) in [6, 6.07) is -0.928. The first-order valence-corrected chi connectivity index (χ1v) is 11.4. The van der Waals surface area contributed by atoms with Gasteiger partial charge in [-0.25, -0.2) is 9.37 Å². The van der Waals surface area contributed by atoms with E-state index in [0.29, 0.717) is 5.82 Å². The number of ether oxygens (including phenoxy) is 2. The molecule has 34 heavy (non-hydrogen) atoms. The lowest BCUT2D eigenvalue weighted by Gasteiger charge is -2.23. The first-order valence-electron chi connectivity index (χ1n) is 10.3. The van der Waals surface area contributed by atoms with E-state index >= 15 is 4.39 Å². The van der Waals surface area contributed by atoms with Gasteiger partial charge in [0.05, 0.1) is 12.4 Å². The van der Waals surface area contributed by atoms with Gasteiger partial charge in [0, 0.05) is 7.05 Å². The van der Waals surface area contributed by atoms with Crippen LogP contribution >= 0.6 is 8.18 Å². The average Bonchev–Trinajstić information content (AvgIpc) is 3.30. The summed E-state index contributed by atoms with van der Waals surface area (Å²) in [5.41, 5.74) is 3.43. The van der Waals surface area contributed by atoms with Crippen LogP contribution in [0.3, 0.4) is 0 Å². The van der Waals surface area contributed by atoms with Crippen molar-refractivity contribution in [3.05, 3.63) is 6.33 Å². The maximum Gasteiger partial charge on any atom is 0.613 e. The van der Waals surface area contributed by atoms with Gasteiger partial charge in [-0.15, -0.1) is 10.9 Å². The number of aliphatic hydroxyl groups is 1. The van der Waals surface area contributed by atoms with Crippen molar-refractivity contribution < 1.29 is 32.9 Å². The molecule has 0 aliphatic carbocycles. The second-order valence-electron chi connectivity index (χ2n) is 7.78. The summed E-state index contributed by atoms with van der Waals surface area (Å²) < 4.78 is 45.0. The summed E-state index contributed by atoms with van der Waals surface area (Å²) >= 11 is 0. The van der Waals surface area contributed by atoms with Crippen LogP contribution in [0.2, 0.25) is 0 Å². The molecule has 1 saturated heterocycles. The highest BCUT2D eigenvalue weighted by Gasteiger charge is 2.58. The second-order valence-corrected chi connectivity index (χ2v) is 8.81. The number of halogens is 1. The van der Waals surface area contributed by atoms with E-state index in [1.165, 1.54) is 17.8 Å². The molecular formula is C19H26FN7O6P+. The van der Waals surface area contributed by atoms with E-state index in [9.17, 15) is 14.5 Å². The Kier molecular flexibility index (Phi) is 7.64. The van der Waals surface area contributed by atoms with Crippen LogP contribution in [0.15, 0.2) is 6.33 Å². The van der Waals surface area contributed by atoms with Crippen molar-refractivity contribution in [2.24, 2.45) is 0 Å². The summed E-state index contributed by atoms with van der Waals surface area (Å²) in [6.07, 6.45) is 1.61. The molecule has 3 rings (SSSR count). The Morgan fingerprint density at radius 1 is 1.50 bits per heavy atom. The smallest absolute Gasteiger partial charge is 0.462 e. The SMILES string of the molecule is C#C[C@@]1(F)[C@H](O)[C@@H](CO[P+](=O)N[C@@H](C)C(=O)OC(C)C)O[C@H]1n1cnc2c(NC)nc(N)nc21. The van der Waals surface area contributed by atoms with E-state index in [4.69, 9.17) is 26.2 Å². The number of nitrogens with zero attached hydrogens (tertiary/aromatic N) is 4. The lowest BCUT2D eigenvalue weighted by molar-refractivity contribution is -0.149. The van der Waals surface area contributed by atoms with Gasteiger partial charge in [-0.1, -0.05) is 11.0 Å². The van der Waals surface area contributed by atoms with E-state index in [2.05, 4.69) is 25.4 Å². The average molecular weight is 498 g/mol. The molecule has 6 atom stereocenters. The number of esters is 1. The van der Waals surface area contributed by atoms with E-state index in [0.717, 1.165) is 0 Å². The van der Waals surface area contributed by atoms with Crippen molar-refractivity contribution in [1.82, 2.24) is 24.6 Å². The minimum absolute atomic E-state index is 0.102. The lowest BCUT2D eigenvalue weighted by atomic mass is 9.97. The van der Waals surface area contributed by atoms with E-state index < -0.39 is 50.9 Å². The number of hydrogen-bond acceptors (Lipinski definition) is 11. The maximum absolute atomic E-state index is 15.7. The van der Waals surface area contributed by atoms with E-state index in [1.807, 2.05) is 5.92 Å². The third-order valence-electron chi connectivity index (χ3n) is 4.96. The fraction of sp³-hybridized carbons (Fsp3) is 0.579. The Bertz CT molecular complexity index is 1120. The molecule has 0 radical (unpaired) electrons. The van der Waals surface area contributed by atoms with Crippen molar-refractivity contribution in [3.8, 4) is 12.3 Å². The Balaban J connectivity index is 1.75. The Hall–Kier alpha value is -2.95. The molecule has 5 N–H and O–H groups in total. The zero-order valence-corrected chi connectivity index (χ0v) is 19.8. The van der Waals surface area contributed by atoms with E-state index in [-0.39, 0.29) is 23.2 Å². The van der Waals surface area contributed by atoms with Gasteiger partial charge in [-0.05, 0) is 25.3 Å². The van der Waals surface area contributed by atoms with Crippen LogP contribution in [0.1, 0.15) is 27.0 Å². The second kappa shape index (κ2) is 10.1. The molecule has 0 saturated carbocycles. The number of alkyl halides is 1. The van der Waals surface area contributed by atoms with Crippen molar-refractivity contribution in [1.29, 1.82) is 0 Å². The van der Waals surface area contributed by atoms with Crippen LogP contribution < -0.4 is 16.1 Å². The summed E-state index contributed by atoms with van der Waals surface area (Å²) in [6.45, 7) is 4.30. The number of carbonyl (C=O) groups excluding carboxylic acids is 1. The molecule has 184 valence electrons. The minimum atomic E-state index is -2.70. The van der Waals surface area contributed by atoms with Crippen molar-refractivity contribution in [2.45, 2.75) is 57.0 Å². The highest BCUT2D eigenvalue weighted by Crippen LogP contribution is 2.43. The minimum Gasteiger partial charge on any atom is -0.462 e. The number of aromatic nitrogens is 4. The Labute approximate surface area is 195 Å². The highest BCUT2D eigenvalue weighted by molar-refractivity contribution is 7.36. The molecule has 15 heteroatoms. The van der Waals surface area contributed by atoms with Crippen LogP contribution in [0.5, 0.6) is 0 Å². The van der Waals surface area contributed by atoms with Gasteiger partial charge < -0.3 is 25.6 Å². The molecule has 2 aromatic heterocycles. The lowest BCUT2D eigenvalue weighted by Crippen LogP contribution is -2.42. The van der Waals surface area contributed by atoms with Gasteiger partial charge >= 0.3 is 14.1 Å².